The first-order valence-electron chi connectivity index (χ1n) is 6.18. The number of benzene rings is 2. The van der Waals surface area contributed by atoms with Crippen LogP contribution >= 0.6 is 11.6 Å². The van der Waals surface area contributed by atoms with E-state index < -0.39 is 17.8 Å². The Hall–Kier alpha value is -2.21. The molecule has 1 N–H and O–H groups in total. The molecule has 0 spiro atoms. The van der Waals surface area contributed by atoms with E-state index in [4.69, 9.17) is 11.6 Å². The van der Waals surface area contributed by atoms with Crippen molar-refractivity contribution in [1.82, 2.24) is 0 Å². The van der Waals surface area contributed by atoms with E-state index in [1.165, 1.54) is 25.1 Å². The van der Waals surface area contributed by atoms with Gasteiger partial charge >= 0.3 is 12.0 Å². The zero-order valence-electron chi connectivity index (χ0n) is 11.4. The molecule has 0 unspecified atom stereocenters. The van der Waals surface area contributed by atoms with E-state index in [0.717, 1.165) is 24.3 Å². The molecule has 116 valence electrons. The fraction of sp³-hybridized carbons (Fsp3) is 0.133. The summed E-state index contributed by atoms with van der Waals surface area (Å²) in [6.45, 7) is 1.52. The van der Waals surface area contributed by atoms with Crippen molar-refractivity contribution >= 4 is 23.2 Å². The minimum atomic E-state index is -4.09. The van der Waals surface area contributed by atoms with Crippen molar-refractivity contribution in [2.24, 2.45) is 0 Å². The standard InChI is InChI=1S/C15H11ClF3NO2/c1-9-8-10(16)2-7-13(9)22-15(18,19)14(21)20-12-5-3-11(17)4-6-12/h2-8H,1H3,(H,20,21). The number of rotatable bonds is 4. The summed E-state index contributed by atoms with van der Waals surface area (Å²) >= 11 is 5.72. The van der Waals surface area contributed by atoms with Crippen LogP contribution in [0.15, 0.2) is 42.5 Å². The van der Waals surface area contributed by atoms with Crippen LogP contribution in [0, 0.1) is 12.7 Å². The Morgan fingerprint density at radius 3 is 2.41 bits per heavy atom. The number of nitrogens with one attached hydrogen (secondary N) is 1. The van der Waals surface area contributed by atoms with E-state index in [0.29, 0.717) is 10.6 Å². The third kappa shape index (κ3) is 3.92. The smallest absolute Gasteiger partial charge is 0.425 e. The van der Waals surface area contributed by atoms with Crippen LogP contribution in [0.1, 0.15) is 5.56 Å². The second-order valence-electron chi connectivity index (χ2n) is 4.49. The van der Waals surface area contributed by atoms with E-state index in [9.17, 15) is 18.0 Å². The van der Waals surface area contributed by atoms with Crippen LogP contribution in [0.25, 0.3) is 0 Å². The van der Waals surface area contributed by atoms with E-state index in [1.54, 1.807) is 0 Å². The Bertz CT molecular complexity index is 690. The second-order valence-corrected chi connectivity index (χ2v) is 4.93. The normalized spacial score (nSPS) is 11.1. The average molecular weight is 330 g/mol. The lowest BCUT2D eigenvalue weighted by Crippen LogP contribution is -2.40. The van der Waals surface area contributed by atoms with Gasteiger partial charge in [0.2, 0.25) is 0 Å². The van der Waals surface area contributed by atoms with Crippen molar-refractivity contribution in [3.05, 3.63) is 58.9 Å². The van der Waals surface area contributed by atoms with Gasteiger partial charge in [-0.15, -0.1) is 0 Å². The number of ether oxygens (including phenoxy) is 1. The lowest BCUT2D eigenvalue weighted by Gasteiger charge is -2.18. The van der Waals surface area contributed by atoms with Crippen molar-refractivity contribution in [3.63, 3.8) is 0 Å². The van der Waals surface area contributed by atoms with E-state index in [2.05, 4.69) is 4.74 Å². The first-order valence-corrected chi connectivity index (χ1v) is 6.56. The van der Waals surface area contributed by atoms with Crippen LogP contribution in [0.3, 0.4) is 0 Å². The quantitative estimate of drug-likeness (QED) is 0.903. The van der Waals surface area contributed by atoms with Gasteiger partial charge in [-0.25, -0.2) is 4.39 Å². The topological polar surface area (TPSA) is 38.3 Å². The summed E-state index contributed by atoms with van der Waals surface area (Å²) < 4.78 is 44.8. The molecule has 7 heteroatoms. The molecule has 0 heterocycles. The maximum absolute atomic E-state index is 13.8. The molecule has 0 aliphatic heterocycles. The van der Waals surface area contributed by atoms with Crippen LogP contribution in [0.5, 0.6) is 5.75 Å². The molecule has 2 aromatic carbocycles. The highest BCUT2D eigenvalue weighted by atomic mass is 35.5. The summed E-state index contributed by atoms with van der Waals surface area (Å²) in [5.74, 6) is -2.37. The Labute approximate surface area is 129 Å². The van der Waals surface area contributed by atoms with Crippen molar-refractivity contribution in [1.29, 1.82) is 0 Å². The fourth-order valence-corrected chi connectivity index (χ4v) is 1.88. The molecule has 22 heavy (non-hydrogen) atoms. The molecule has 2 rings (SSSR count). The Morgan fingerprint density at radius 2 is 1.82 bits per heavy atom. The minimum Gasteiger partial charge on any atom is -0.425 e. The van der Waals surface area contributed by atoms with Gasteiger partial charge in [0.1, 0.15) is 11.6 Å². The predicted octanol–water partition coefficient (Wildman–Crippen LogP) is 4.40. The maximum Gasteiger partial charge on any atom is 0.482 e. The van der Waals surface area contributed by atoms with Gasteiger partial charge in [0.25, 0.3) is 0 Å². The van der Waals surface area contributed by atoms with Gasteiger partial charge in [0.05, 0.1) is 0 Å². The molecule has 3 nitrogen and oxygen atoms in total. The minimum absolute atomic E-state index is 0.0301. The highest BCUT2D eigenvalue weighted by molar-refractivity contribution is 6.30. The molecule has 0 atom stereocenters. The van der Waals surface area contributed by atoms with Crippen molar-refractivity contribution in [3.8, 4) is 5.75 Å². The van der Waals surface area contributed by atoms with Gasteiger partial charge in [-0.2, -0.15) is 8.78 Å². The molecule has 0 fully saturated rings. The zero-order chi connectivity index (χ0) is 16.3. The van der Waals surface area contributed by atoms with Gasteiger partial charge in [-0.3, -0.25) is 4.79 Å². The number of hydrogen-bond donors (Lipinski definition) is 1. The van der Waals surface area contributed by atoms with E-state index in [1.807, 2.05) is 5.32 Å². The molecule has 2 aromatic rings. The lowest BCUT2D eigenvalue weighted by atomic mass is 10.2. The van der Waals surface area contributed by atoms with Crippen molar-refractivity contribution < 1.29 is 22.7 Å². The summed E-state index contributed by atoms with van der Waals surface area (Å²) in [6, 6.07) is 8.46. The third-order valence-electron chi connectivity index (χ3n) is 2.74. The maximum atomic E-state index is 13.8. The summed E-state index contributed by atoms with van der Waals surface area (Å²) in [6.07, 6.45) is -4.09. The van der Waals surface area contributed by atoms with Crippen molar-refractivity contribution in [2.45, 2.75) is 13.0 Å². The number of carbonyl (C=O) groups is 1. The molecule has 0 saturated carbocycles. The molecule has 0 saturated heterocycles. The largest absolute Gasteiger partial charge is 0.482 e. The molecule has 1 amide bonds. The van der Waals surface area contributed by atoms with Crippen LogP contribution in [-0.2, 0) is 4.79 Å². The number of hydrogen-bond acceptors (Lipinski definition) is 2. The molecule has 0 aromatic heterocycles. The average Bonchev–Trinajstić information content (AvgIpc) is 2.44. The Balaban J connectivity index is 2.11. The predicted molar refractivity (Wildman–Crippen MR) is 76.8 cm³/mol. The van der Waals surface area contributed by atoms with Gasteiger partial charge in [-0.05, 0) is 55.0 Å². The molecule has 0 radical (unpaired) electrons. The summed E-state index contributed by atoms with van der Waals surface area (Å²) in [4.78, 5) is 11.6. The Kier molecular flexibility index (Phi) is 4.61. The first kappa shape index (κ1) is 16.2. The number of halogens is 4. The number of anilines is 1. The van der Waals surface area contributed by atoms with Crippen LogP contribution in [0.2, 0.25) is 5.02 Å². The Morgan fingerprint density at radius 1 is 1.18 bits per heavy atom. The monoisotopic (exact) mass is 329 g/mol. The summed E-state index contributed by atoms with van der Waals surface area (Å²) in [7, 11) is 0. The van der Waals surface area contributed by atoms with Crippen LogP contribution in [-0.4, -0.2) is 12.0 Å². The van der Waals surface area contributed by atoms with Crippen LogP contribution in [0.4, 0.5) is 18.9 Å². The fourth-order valence-electron chi connectivity index (χ4n) is 1.65. The summed E-state index contributed by atoms with van der Waals surface area (Å²) in [5, 5.41) is 2.32. The second kappa shape index (κ2) is 6.27. The van der Waals surface area contributed by atoms with Gasteiger partial charge < -0.3 is 10.1 Å². The lowest BCUT2D eigenvalue weighted by molar-refractivity contribution is -0.187. The highest BCUT2D eigenvalue weighted by Crippen LogP contribution is 2.28. The number of alkyl halides is 2. The SMILES string of the molecule is Cc1cc(Cl)ccc1OC(F)(F)C(=O)Nc1ccc(F)cc1. The highest BCUT2D eigenvalue weighted by Gasteiger charge is 2.42. The van der Waals surface area contributed by atoms with E-state index in [-0.39, 0.29) is 11.4 Å². The first-order chi connectivity index (χ1) is 10.3. The van der Waals surface area contributed by atoms with Crippen molar-refractivity contribution in [2.75, 3.05) is 5.32 Å². The zero-order valence-corrected chi connectivity index (χ0v) is 12.1. The molecule has 0 aliphatic carbocycles. The molecule has 0 bridgehead atoms. The molecule has 0 aliphatic rings. The van der Waals surface area contributed by atoms with Crippen LogP contribution < -0.4 is 10.1 Å². The molecular weight excluding hydrogens is 319 g/mol. The third-order valence-corrected chi connectivity index (χ3v) is 2.98. The van der Waals surface area contributed by atoms with Gasteiger partial charge in [-0.1, -0.05) is 11.6 Å². The van der Waals surface area contributed by atoms with Gasteiger partial charge in [0, 0.05) is 10.7 Å². The van der Waals surface area contributed by atoms with E-state index >= 15 is 0 Å². The summed E-state index contributed by atoms with van der Waals surface area (Å²) in [5.41, 5.74) is 0.393. The molecular formula is C15H11ClF3NO2. The number of aryl methyl sites for hydroxylation is 1. The number of amides is 1. The number of carbonyl (C=O) groups excluding carboxylic acids is 1. The van der Waals surface area contributed by atoms with Gasteiger partial charge in [0.15, 0.2) is 0 Å².